The number of hydrogen-bond acceptors (Lipinski definition) is 4. The maximum atomic E-state index is 13.3. The van der Waals surface area contributed by atoms with Crippen molar-refractivity contribution in [3.05, 3.63) is 23.9 Å². The van der Waals surface area contributed by atoms with Gasteiger partial charge in [0, 0.05) is 31.9 Å². The molecule has 1 saturated carbocycles. The molecule has 3 fully saturated rings. The fourth-order valence-corrected chi connectivity index (χ4v) is 5.04. The van der Waals surface area contributed by atoms with Crippen molar-refractivity contribution in [1.82, 2.24) is 9.88 Å². The molecule has 1 aromatic rings. The summed E-state index contributed by atoms with van der Waals surface area (Å²) in [5, 5.41) is 9.72. The highest BCUT2D eigenvalue weighted by atomic mass is 19.4. The predicted molar refractivity (Wildman–Crippen MR) is 97.7 cm³/mol. The molecule has 1 aromatic heterocycles. The minimum atomic E-state index is -4.41. The van der Waals surface area contributed by atoms with Crippen LogP contribution in [0.1, 0.15) is 50.5 Å². The molecule has 0 radical (unpaired) electrons. The van der Waals surface area contributed by atoms with Crippen molar-refractivity contribution in [2.24, 2.45) is 5.41 Å². The molecule has 0 unspecified atom stereocenters. The number of aromatic nitrogens is 1. The number of nitrogens with zero attached hydrogens (tertiary/aromatic N) is 3. The first kappa shape index (κ1) is 19.5. The highest BCUT2D eigenvalue weighted by molar-refractivity contribution is 5.86. The summed E-state index contributed by atoms with van der Waals surface area (Å²) in [7, 11) is 0. The number of rotatable bonds is 2. The van der Waals surface area contributed by atoms with Gasteiger partial charge in [-0.25, -0.2) is 4.98 Å². The molecule has 0 bridgehead atoms. The molecule has 28 heavy (non-hydrogen) atoms. The zero-order valence-corrected chi connectivity index (χ0v) is 15.8. The van der Waals surface area contributed by atoms with Crippen LogP contribution in [0.15, 0.2) is 18.3 Å². The number of amides is 1. The van der Waals surface area contributed by atoms with Gasteiger partial charge in [0.2, 0.25) is 5.91 Å². The van der Waals surface area contributed by atoms with E-state index in [1.807, 2.05) is 9.80 Å². The molecule has 1 spiro atoms. The van der Waals surface area contributed by atoms with E-state index in [0.717, 1.165) is 57.1 Å². The summed E-state index contributed by atoms with van der Waals surface area (Å²) in [6, 6.07) is 2.24. The molecule has 2 aliphatic heterocycles. The van der Waals surface area contributed by atoms with E-state index in [4.69, 9.17) is 0 Å². The van der Waals surface area contributed by atoms with E-state index < -0.39 is 17.2 Å². The number of carbonyl (C=O) groups is 1. The highest BCUT2D eigenvalue weighted by Gasteiger charge is 2.50. The van der Waals surface area contributed by atoms with Gasteiger partial charge in [0.05, 0.1) is 17.1 Å². The lowest BCUT2D eigenvalue weighted by Crippen LogP contribution is -2.50. The van der Waals surface area contributed by atoms with Crippen molar-refractivity contribution in [3.63, 3.8) is 0 Å². The number of likely N-dealkylation sites (tertiary alicyclic amines) is 1. The van der Waals surface area contributed by atoms with Gasteiger partial charge in [0.15, 0.2) is 0 Å². The standard InChI is InChI=1S/C20H26F3N3O2/c21-20(22,23)14-6-9-24-17(12-14)25-10-1-7-19(13-25)8-11-26(18(19)28)15-2-4-16(27)5-3-15/h6,9,12,15-16,27H,1-5,7-8,10-11,13H2/t15?,16?,19-/m0/s1. The molecule has 2 saturated heterocycles. The molecule has 1 amide bonds. The first-order chi connectivity index (χ1) is 13.3. The van der Waals surface area contributed by atoms with Crippen LogP contribution >= 0.6 is 0 Å². The summed E-state index contributed by atoms with van der Waals surface area (Å²) in [5.41, 5.74) is -1.23. The fourth-order valence-electron chi connectivity index (χ4n) is 5.04. The maximum absolute atomic E-state index is 13.3. The Morgan fingerprint density at radius 3 is 2.61 bits per heavy atom. The third-order valence-corrected chi connectivity index (χ3v) is 6.63. The van der Waals surface area contributed by atoms with Gasteiger partial charge in [-0.2, -0.15) is 13.2 Å². The van der Waals surface area contributed by atoms with Gasteiger partial charge < -0.3 is 14.9 Å². The molecule has 8 heteroatoms. The Morgan fingerprint density at radius 1 is 1.14 bits per heavy atom. The lowest BCUT2D eigenvalue weighted by atomic mass is 9.78. The quantitative estimate of drug-likeness (QED) is 0.833. The zero-order chi connectivity index (χ0) is 19.9. The molecule has 3 aliphatic rings. The van der Waals surface area contributed by atoms with Crippen LogP contribution in [-0.4, -0.2) is 52.7 Å². The third-order valence-electron chi connectivity index (χ3n) is 6.63. The number of anilines is 1. The number of aliphatic hydroxyl groups excluding tert-OH is 1. The lowest BCUT2D eigenvalue weighted by Gasteiger charge is -2.41. The summed E-state index contributed by atoms with van der Waals surface area (Å²) in [4.78, 5) is 21.3. The van der Waals surface area contributed by atoms with Crippen molar-refractivity contribution in [1.29, 1.82) is 0 Å². The smallest absolute Gasteiger partial charge is 0.393 e. The third kappa shape index (κ3) is 3.58. The Bertz CT molecular complexity index is 734. The normalized spacial score (nSPS) is 31.6. The Kier molecular flexibility index (Phi) is 5.02. The molecule has 1 N–H and O–H groups in total. The monoisotopic (exact) mass is 397 g/mol. The van der Waals surface area contributed by atoms with Crippen molar-refractivity contribution in [2.75, 3.05) is 24.5 Å². The summed E-state index contributed by atoms with van der Waals surface area (Å²) < 4.78 is 39.2. The number of carbonyl (C=O) groups excluding carboxylic acids is 1. The Morgan fingerprint density at radius 2 is 1.89 bits per heavy atom. The van der Waals surface area contributed by atoms with E-state index in [1.54, 1.807) is 0 Å². The van der Waals surface area contributed by atoms with Gasteiger partial charge in [-0.1, -0.05) is 0 Å². The topological polar surface area (TPSA) is 56.7 Å². The number of aliphatic hydroxyl groups is 1. The van der Waals surface area contributed by atoms with E-state index in [0.29, 0.717) is 25.5 Å². The number of halogens is 3. The van der Waals surface area contributed by atoms with Crippen LogP contribution in [-0.2, 0) is 11.0 Å². The number of pyridine rings is 1. The minimum Gasteiger partial charge on any atom is -0.393 e. The molecular weight excluding hydrogens is 371 g/mol. The zero-order valence-electron chi connectivity index (χ0n) is 15.8. The molecule has 5 nitrogen and oxygen atoms in total. The lowest BCUT2D eigenvalue weighted by molar-refractivity contribution is -0.139. The van der Waals surface area contributed by atoms with Crippen molar-refractivity contribution in [2.45, 2.75) is 63.3 Å². The summed E-state index contributed by atoms with van der Waals surface area (Å²) in [5.74, 6) is 0.423. The van der Waals surface area contributed by atoms with Gasteiger partial charge in [0.1, 0.15) is 5.82 Å². The van der Waals surface area contributed by atoms with Crippen LogP contribution in [0.2, 0.25) is 0 Å². The van der Waals surface area contributed by atoms with Crippen molar-refractivity contribution in [3.8, 4) is 0 Å². The Hall–Kier alpha value is -1.83. The van der Waals surface area contributed by atoms with E-state index in [1.165, 1.54) is 6.20 Å². The van der Waals surface area contributed by atoms with Gasteiger partial charge in [-0.3, -0.25) is 4.79 Å². The number of hydrogen-bond donors (Lipinski definition) is 1. The minimum absolute atomic E-state index is 0.130. The van der Waals surface area contributed by atoms with Crippen LogP contribution in [0.4, 0.5) is 19.0 Å². The molecular formula is C20H26F3N3O2. The first-order valence-corrected chi connectivity index (χ1v) is 10.1. The van der Waals surface area contributed by atoms with Gasteiger partial charge in [-0.15, -0.1) is 0 Å². The van der Waals surface area contributed by atoms with Crippen LogP contribution < -0.4 is 4.90 Å². The van der Waals surface area contributed by atoms with Gasteiger partial charge in [-0.05, 0) is 57.1 Å². The van der Waals surface area contributed by atoms with Crippen LogP contribution in [0.5, 0.6) is 0 Å². The van der Waals surface area contributed by atoms with E-state index in [2.05, 4.69) is 4.98 Å². The highest BCUT2D eigenvalue weighted by Crippen LogP contribution is 2.43. The molecule has 154 valence electrons. The van der Waals surface area contributed by atoms with Crippen molar-refractivity contribution < 1.29 is 23.1 Å². The van der Waals surface area contributed by atoms with Gasteiger partial charge >= 0.3 is 6.18 Å². The Labute approximate surface area is 162 Å². The number of piperidine rings is 1. The number of alkyl halides is 3. The molecule has 4 rings (SSSR count). The van der Waals surface area contributed by atoms with Gasteiger partial charge in [0.25, 0.3) is 0 Å². The van der Waals surface area contributed by atoms with Crippen LogP contribution in [0.25, 0.3) is 0 Å². The average molecular weight is 397 g/mol. The van der Waals surface area contributed by atoms with E-state index in [-0.39, 0.29) is 18.1 Å². The second-order valence-electron chi connectivity index (χ2n) is 8.42. The largest absolute Gasteiger partial charge is 0.416 e. The fraction of sp³-hybridized carbons (Fsp3) is 0.700. The van der Waals surface area contributed by atoms with E-state index in [9.17, 15) is 23.1 Å². The van der Waals surface area contributed by atoms with Crippen LogP contribution in [0, 0.1) is 5.41 Å². The first-order valence-electron chi connectivity index (χ1n) is 10.1. The predicted octanol–water partition coefficient (Wildman–Crippen LogP) is 3.22. The molecule has 1 atom stereocenters. The van der Waals surface area contributed by atoms with E-state index >= 15 is 0 Å². The summed E-state index contributed by atoms with van der Waals surface area (Å²) >= 11 is 0. The summed E-state index contributed by atoms with van der Waals surface area (Å²) in [6.07, 6.45) is 1.88. The second kappa shape index (κ2) is 7.21. The average Bonchev–Trinajstić information content (AvgIpc) is 2.98. The van der Waals surface area contributed by atoms with Crippen LogP contribution in [0.3, 0.4) is 0 Å². The molecule has 1 aliphatic carbocycles. The maximum Gasteiger partial charge on any atom is 0.416 e. The summed E-state index contributed by atoms with van der Waals surface area (Å²) in [6.45, 7) is 1.73. The molecule has 0 aromatic carbocycles. The second-order valence-corrected chi connectivity index (χ2v) is 8.42. The SMILES string of the molecule is O=C1N(C2CCC(O)CC2)CC[C@]12CCCN(c1cc(C(F)(F)F)ccn1)C2. The Balaban J connectivity index is 1.50. The molecule has 3 heterocycles. The van der Waals surface area contributed by atoms with Crippen molar-refractivity contribution >= 4 is 11.7 Å².